The van der Waals surface area contributed by atoms with Crippen molar-refractivity contribution in [3.05, 3.63) is 53.5 Å². The SMILES string of the molecule is CCOC(=O)c1cn2c(n1)CN(c1nc3c(c(Nc4cccc(F)c4)n1)S(=O)CC3)CC2. The van der Waals surface area contributed by atoms with E-state index in [0.29, 0.717) is 66.6 Å². The monoisotopic (exact) mass is 456 g/mol. The van der Waals surface area contributed by atoms with Gasteiger partial charge in [-0.15, -0.1) is 0 Å². The van der Waals surface area contributed by atoms with Gasteiger partial charge in [0.15, 0.2) is 11.5 Å². The van der Waals surface area contributed by atoms with Crippen LogP contribution in [0.1, 0.15) is 28.9 Å². The number of hydrogen-bond donors (Lipinski definition) is 1. The van der Waals surface area contributed by atoms with Gasteiger partial charge < -0.3 is 19.5 Å². The predicted molar refractivity (Wildman–Crippen MR) is 116 cm³/mol. The van der Waals surface area contributed by atoms with Crippen LogP contribution >= 0.6 is 0 Å². The van der Waals surface area contributed by atoms with E-state index in [9.17, 15) is 13.4 Å². The summed E-state index contributed by atoms with van der Waals surface area (Å²) >= 11 is 0. The summed E-state index contributed by atoms with van der Waals surface area (Å²) in [6.07, 6.45) is 2.29. The second-order valence-electron chi connectivity index (χ2n) is 7.46. The van der Waals surface area contributed by atoms with E-state index in [-0.39, 0.29) is 11.5 Å². The van der Waals surface area contributed by atoms with Crippen LogP contribution in [-0.2, 0) is 35.0 Å². The lowest BCUT2D eigenvalue weighted by Gasteiger charge is -2.28. The van der Waals surface area contributed by atoms with Crippen molar-refractivity contribution in [2.75, 3.05) is 29.1 Å². The third-order valence-electron chi connectivity index (χ3n) is 5.33. The first-order chi connectivity index (χ1) is 15.5. The predicted octanol–water partition coefficient (Wildman–Crippen LogP) is 2.42. The molecular weight excluding hydrogens is 435 g/mol. The number of carbonyl (C=O) groups excluding carboxylic acids is 1. The number of carbonyl (C=O) groups is 1. The third-order valence-corrected chi connectivity index (χ3v) is 6.79. The number of ether oxygens (including phenoxy) is 1. The van der Waals surface area contributed by atoms with Gasteiger partial charge >= 0.3 is 5.97 Å². The van der Waals surface area contributed by atoms with E-state index in [1.165, 1.54) is 12.1 Å². The van der Waals surface area contributed by atoms with E-state index in [0.717, 1.165) is 5.69 Å². The second kappa shape index (κ2) is 8.30. The Bertz CT molecular complexity index is 1230. The Morgan fingerprint density at radius 3 is 2.97 bits per heavy atom. The summed E-state index contributed by atoms with van der Waals surface area (Å²) < 4.78 is 33.2. The van der Waals surface area contributed by atoms with Gasteiger partial charge in [-0.25, -0.2) is 19.2 Å². The molecule has 0 saturated carbocycles. The van der Waals surface area contributed by atoms with Crippen molar-refractivity contribution in [3.8, 4) is 0 Å². The standard InChI is InChI=1S/C21H21FN6O3S/c1-2-31-20(29)16-11-27-7-8-28(12-17(27)24-16)21-25-15-6-9-32(30)18(15)19(26-21)23-14-5-3-4-13(22)10-14/h3-5,10-11H,2,6-9,12H2,1H3,(H,23,25,26). The molecule has 0 amide bonds. The molecule has 5 rings (SSSR count). The van der Waals surface area contributed by atoms with Crippen molar-refractivity contribution >= 4 is 34.2 Å². The van der Waals surface area contributed by atoms with Gasteiger partial charge in [0.05, 0.1) is 29.6 Å². The largest absolute Gasteiger partial charge is 0.461 e. The molecule has 9 nitrogen and oxygen atoms in total. The topological polar surface area (TPSA) is 102 Å². The number of nitrogens with zero attached hydrogens (tertiary/aromatic N) is 5. The number of aryl methyl sites for hydroxylation is 1. The van der Waals surface area contributed by atoms with Crippen molar-refractivity contribution in [1.82, 2.24) is 19.5 Å². The van der Waals surface area contributed by atoms with Crippen molar-refractivity contribution < 1.29 is 18.1 Å². The fourth-order valence-electron chi connectivity index (χ4n) is 3.84. The van der Waals surface area contributed by atoms with Gasteiger partial charge in [-0.05, 0) is 25.1 Å². The maximum Gasteiger partial charge on any atom is 0.358 e. The smallest absolute Gasteiger partial charge is 0.358 e. The first kappa shape index (κ1) is 20.6. The first-order valence-electron chi connectivity index (χ1n) is 10.3. The number of halogens is 1. The van der Waals surface area contributed by atoms with E-state index in [4.69, 9.17) is 4.74 Å². The molecule has 0 spiro atoms. The molecule has 3 aromatic rings. The van der Waals surface area contributed by atoms with Gasteiger partial charge in [0.25, 0.3) is 0 Å². The van der Waals surface area contributed by atoms with Crippen LogP contribution in [0.4, 0.5) is 21.8 Å². The summed E-state index contributed by atoms with van der Waals surface area (Å²) in [5.74, 6) is 1.28. The Morgan fingerprint density at radius 2 is 2.16 bits per heavy atom. The van der Waals surface area contributed by atoms with Crippen molar-refractivity contribution in [2.45, 2.75) is 31.3 Å². The Morgan fingerprint density at radius 1 is 1.28 bits per heavy atom. The molecule has 1 atom stereocenters. The molecule has 32 heavy (non-hydrogen) atoms. The molecular formula is C21H21FN6O3S. The molecule has 1 N–H and O–H groups in total. The summed E-state index contributed by atoms with van der Waals surface area (Å²) in [7, 11) is -1.21. The van der Waals surface area contributed by atoms with Crippen LogP contribution in [0.15, 0.2) is 35.4 Å². The Kier molecular flexibility index (Phi) is 5.33. The molecule has 0 fully saturated rings. The van der Waals surface area contributed by atoms with Crippen LogP contribution in [-0.4, -0.2) is 48.6 Å². The number of aromatic nitrogens is 4. The van der Waals surface area contributed by atoms with E-state index in [1.807, 2.05) is 9.47 Å². The molecule has 0 bridgehead atoms. The third kappa shape index (κ3) is 3.83. The minimum absolute atomic E-state index is 0.280. The zero-order valence-electron chi connectivity index (χ0n) is 17.4. The van der Waals surface area contributed by atoms with Gasteiger partial charge in [-0.1, -0.05) is 6.07 Å². The van der Waals surface area contributed by atoms with E-state index in [1.54, 1.807) is 25.3 Å². The molecule has 1 unspecified atom stereocenters. The Hall–Kier alpha value is -3.34. The molecule has 166 valence electrons. The molecule has 4 heterocycles. The number of fused-ring (bicyclic) bond motifs is 2. The number of anilines is 3. The first-order valence-corrected chi connectivity index (χ1v) is 11.6. The number of hydrogen-bond acceptors (Lipinski definition) is 8. The van der Waals surface area contributed by atoms with Crippen molar-refractivity contribution in [2.24, 2.45) is 0 Å². The molecule has 1 aromatic carbocycles. The maximum atomic E-state index is 13.7. The average molecular weight is 457 g/mol. The normalized spacial score (nSPS) is 17.1. The molecule has 2 aliphatic rings. The number of rotatable bonds is 5. The van der Waals surface area contributed by atoms with E-state index < -0.39 is 16.8 Å². The highest BCUT2D eigenvalue weighted by Crippen LogP contribution is 2.32. The van der Waals surface area contributed by atoms with Gasteiger partial charge in [0.1, 0.15) is 16.5 Å². The number of esters is 1. The summed E-state index contributed by atoms with van der Waals surface area (Å²) in [6.45, 7) is 3.69. The maximum absolute atomic E-state index is 13.7. The molecule has 2 aromatic heterocycles. The molecule has 0 radical (unpaired) electrons. The molecule has 0 aliphatic carbocycles. The quantitative estimate of drug-likeness (QED) is 0.584. The fourth-order valence-corrected chi connectivity index (χ4v) is 5.15. The summed E-state index contributed by atoms with van der Waals surface area (Å²) in [4.78, 5) is 28.3. The second-order valence-corrected chi connectivity index (χ2v) is 8.97. The van der Waals surface area contributed by atoms with E-state index >= 15 is 0 Å². The lowest BCUT2D eigenvalue weighted by Crippen LogP contribution is -2.35. The van der Waals surface area contributed by atoms with Crippen LogP contribution in [0.5, 0.6) is 0 Å². The zero-order chi connectivity index (χ0) is 22.2. The fraction of sp³-hybridized carbons (Fsp3) is 0.333. The Balaban J connectivity index is 1.46. The summed E-state index contributed by atoms with van der Waals surface area (Å²) in [5.41, 5.74) is 1.53. The molecule has 11 heteroatoms. The van der Waals surface area contributed by atoms with E-state index in [2.05, 4.69) is 20.3 Å². The number of nitrogens with one attached hydrogen (secondary N) is 1. The zero-order valence-corrected chi connectivity index (χ0v) is 18.2. The average Bonchev–Trinajstić information content (AvgIpc) is 3.37. The minimum atomic E-state index is -1.21. The lowest BCUT2D eigenvalue weighted by molar-refractivity contribution is 0.0520. The van der Waals surface area contributed by atoms with Gasteiger partial charge in [-0.2, -0.15) is 4.98 Å². The highest BCUT2D eigenvalue weighted by molar-refractivity contribution is 7.85. The van der Waals surface area contributed by atoms with Gasteiger partial charge in [-0.3, -0.25) is 4.21 Å². The van der Waals surface area contributed by atoms with Crippen LogP contribution in [0.3, 0.4) is 0 Å². The van der Waals surface area contributed by atoms with Crippen LogP contribution in [0, 0.1) is 5.82 Å². The van der Waals surface area contributed by atoms with Crippen LogP contribution < -0.4 is 10.2 Å². The number of benzene rings is 1. The highest BCUT2D eigenvalue weighted by Gasteiger charge is 2.29. The van der Waals surface area contributed by atoms with Crippen molar-refractivity contribution in [1.29, 1.82) is 0 Å². The Labute approximate surface area is 186 Å². The lowest BCUT2D eigenvalue weighted by atomic mass is 10.3. The number of imidazole rings is 1. The van der Waals surface area contributed by atoms with Crippen LogP contribution in [0.2, 0.25) is 0 Å². The molecule has 2 aliphatic heterocycles. The molecule has 0 saturated heterocycles. The highest BCUT2D eigenvalue weighted by atomic mass is 32.2. The van der Waals surface area contributed by atoms with Gasteiger partial charge in [0, 0.05) is 37.1 Å². The van der Waals surface area contributed by atoms with Crippen molar-refractivity contribution in [3.63, 3.8) is 0 Å². The van der Waals surface area contributed by atoms with Gasteiger partial charge in [0.2, 0.25) is 5.95 Å². The minimum Gasteiger partial charge on any atom is -0.461 e. The summed E-state index contributed by atoms with van der Waals surface area (Å²) in [6, 6.07) is 6.05. The summed E-state index contributed by atoms with van der Waals surface area (Å²) in [5, 5.41) is 3.11. The van der Waals surface area contributed by atoms with Crippen LogP contribution in [0.25, 0.3) is 0 Å².